The van der Waals surface area contributed by atoms with E-state index >= 15 is 0 Å². The third-order valence-corrected chi connectivity index (χ3v) is 4.78. The standard InChI is InChI=1S/C17H20N2O4S/c1-13-7-9-15(10-8-13)24(21,22)19-17(20)18-12-11-14-5-3-4-6-16(14)23-2/h3-10H,11-12H2,1-2H3,(H2,18,19,20). The lowest BCUT2D eigenvalue weighted by Gasteiger charge is -2.10. The Morgan fingerprint density at radius 3 is 2.42 bits per heavy atom. The molecule has 2 N–H and O–H groups in total. The van der Waals surface area contributed by atoms with Gasteiger partial charge in [-0.25, -0.2) is 17.9 Å². The van der Waals surface area contributed by atoms with E-state index in [4.69, 9.17) is 4.74 Å². The normalized spacial score (nSPS) is 10.9. The summed E-state index contributed by atoms with van der Waals surface area (Å²) in [4.78, 5) is 11.9. The van der Waals surface area contributed by atoms with Crippen molar-refractivity contribution in [2.24, 2.45) is 0 Å². The van der Waals surface area contributed by atoms with Crippen LogP contribution < -0.4 is 14.8 Å². The van der Waals surface area contributed by atoms with E-state index < -0.39 is 16.1 Å². The molecule has 0 atom stereocenters. The number of benzene rings is 2. The highest BCUT2D eigenvalue weighted by atomic mass is 32.2. The fourth-order valence-electron chi connectivity index (χ4n) is 2.15. The number of carbonyl (C=O) groups is 1. The zero-order valence-corrected chi connectivity index (χ0v) is 14.4. The summed E-state index contributed by atoms with van der Waals surface area (Å²) >= 11 is 0. The van der Waals surface area contributed by atoms with Crippen molar-refractivity contribution < 1.29 is 17.9 Å². The maximum Gasteiger partial charge on any atom is 0.328 e. The van der Waals surface area contributed by atoms with E-state index in [2.05, 4.69) is 5.32 Å². The molecule has 6 nitrogen and oxygen atoms in total. The van der Waals surface area contributed by atoms with E-state index in [1.165, 1.54) is 12.1 Å². The minimum absolute atomic E-state index is 0.0491. The van der Waals surface area contributed by atoms with Gasteiger partial charge in [-0.1, -0.05) is 35.9 Å². The molecule has 2 amide bonds. The summed E-state index contributed by atoms with van der Waals surface area (Å²) in [6.07, 6.45) is 0.530. The fraction of sp³-hybridized carbons (Fsp3) is 0.235. The molecule has 0 heterocycles. The number of methoxy groups -OCH3 is 1. The second-order valence-corrected chi connectivity index (χ2v) is 6.92. The van der Waals surface area contributed by atoms with Crippen molar-refractivity contribution >= 4 is 16.1 Å². The number of hydrogen-bond acceptors (Lipinski definition) is 4. The van der Waals surface area contributed by atoms with Crippen LogP contribution in [0.1, 0.15) is 11.1 Å². The Bertz CT molecular complexity index is 802. The Balaban J connectivity index is 1.90. The first-order chi connectivity index (χ1) is 11.4. The van der Waals surface area contributed by atoms with Gasteiger partial charge in [0.1, 0.15) is 5.75 Å². The van der Waals surface area contributed by atoms with Gasteiger partial charge in [-0.15, -0.1) is 0 Å². The second-order valence-electron chi connectivity index (χ2n) is 5.24. The van der Waals surface area contributed by atoms with Gasteiger partial charge in [-0.05, 0) is 37.1 Å². The molecule has 0 bridgehead atoms. The lowest BCUT2D eigenvalue weighted by molar-refractivity contribution is 0.246. The molecule has 2 aromatic carbocycles. The first-order valence-corrected chi connectivity index (χ1v) is 8.90. The molecule has 128 valence electrons. The molecule has 0 saturated heterocycles. The van der Waals surface area contributed by atoms with Crippen LogP contribution in [0.25, 0.3) is 0 Å². The number of aryl methyl sites for hydroxylation is 1. The van der Waals surface area contributed by atoms with Crippen molar-refractivity contribution in [3.63, 3.8) is 0 Å². The summed E-state index contributed by atoms with van der Waals surface area (Å²) in [7, 11) is -2.29. The number of carbonyl (C=O) groups excluding carboxylic acids is 1. The van der Waals surface area contributed by atoms with Crippen molar-refractivity contribution in [2.75, 3.05) is 13.7 Å². The monoisotopic (exact) mass is 348 g/mol. The highest BCUT2D eigenvalue weighted by Crippen LogP contribution is 2.17. The number of amides is 2. The van der Waals surface area contributed by atoms with E-state index in [0.29, 0.717) is 6.42 Å². The van der Waals surface area contributed by atoms with Crippen LogP contribution in [0.4, 0.5) is 4.79 Å². The van der Waals surface area contributed by atoms with Crippen LogP contribution in [0.3, 0.4) is 0 Å². The first kappa shape index (κ1) is 17.8. The lowest BCUT2D eigenvalue weighted by Crippen LogP contribution is -2.40. The summed E-state index contributed by atoms with van der Waals surface area (Å²) in [5.74, 6) is 0.729. The average molecular weight is 348 g/mol. The molecular formula is C17H20N2O4S. The number of urea groups is 1. The molecular weight excluding hydrogens is 328 g/mol. The number of ether oxygens (including phenoxy) is 1. The highest BCUT2D eigenvalue weighted by molar-refractivity contribution is 7.90. The Morgan fingerprint density at radius 2 is 1.75 bits per heavy atom. The number of nitrogens with one attached hydrogen (secondary N) is 2. The predicted octanol–water partition coefficient (Wildman–Crippen LogP) is 2.23. The zero-order chi connectivity index (χ0) is 17.6. The van der Waals surface area contributed by atoms with Crippen LogP contribution in [-0.4, -0.2) is 28.1 Å². The highest BCUT2D eigenvalue weighted by Gasteiger charge is 2.17. The molecule has 0 spiro atoms. The first-order valence-electron chi connectivity index (χ1n) is 7.41. The minimum Gasteiger partial charge on any atom is -0.496 e. The van der Waals surface area contributed by atoms with Gasteiger partial charge in [0.2, 0.25) is 0 Å². The SMILES string of the molecule is COc1ccccc1CCNC(=O)NS(=O)(=O)c1ccc(C)cc1. The van der Waals surface area contributed by atoms with Crippen molar-refractivity contribution in [1.29, 1.82) is 0 Å². The third-order valence-electron chi connectivity index (χ3n) is 3.43. The maximum absolute atomic E-state index is 12.1. The Labute approximate surface area is 141 Å². The summed E-state index contributed by atoms with van der Waals surface area (Å²) < 4.78 is 31.4. The van der Waals surface area contributed by atoms with E-state index in [0.717, 1.165) is 16.9 Å². The zero-order valence-electron chi connectivity index (χ0n) is 13.6. The van der Waals surface area contributed by atoms with Crippen molar-refractivity contribution in [3.05, 3.63) is 59.7 Å². The van der Waals surface area contributed by atoms with Gasteiger partial charge in [0.25, 0.3) is 10.0 Å². The van der Waals surface area contributed by atoms with Crippen LogP contribution in [0.2, 0.25) is 0 Å². The third kappa shape index (κ3) is 4.73. The molecule has 0 aromatic heterocycles. The molecule has 0 aliphatic carbocycles. The van der Waals surface area contributed by atoms with E-state index in [1.54, 1.807) is 19.2 Å². The van der Waals surface area contributed by atoms with Crippen LogP contribution in [0.15, 0.2) is 53.4 Å². The van der Waals surface area contributed by atoms with Gasteiger partial charge in [-0.3, -0.25) is 0 Å². The molecule has 0 fully saturated rings. The van der Waals surface area contributed by atoms with Gasteiger partial charge in [0, 0.05) is 6.54 Å². The van der Waals surface area contributed by atoms with Gasteiger partial charge in [0.15, 0.2) is 0 Å². The van der Waals surface area contributed by atoms with Crippen LogP contribution in [-0.2, 0) is 16.4 Å². The number of rotatable bonds is 6. The number of hydrogen-bond donors (Lipinski definition) is 2. The van der Waals surface area contributed by atoms with Gasteiger partial charge < -0.3 is 10.1 Å². The van der Waals surface area contributed by atoms with Gasteiger partial charge in [0.05, 0.1) is 12.0 Å². The molecule has 7 heteroatoms. The molecule has 2 aromatic rings. The van der Waals surface area contributed by atoms with Gasteiger partial charge >= 0.3 is 6.03 Å². The topological polar surface area (TPSA) is 84.5 Å². The minimum atomic E-state index is -3.87. The fourth-order valence-corrected chi connectivity index (χ4v) is 3.08. The van der Waals surface area contributed by atoms with Gasteiger partial charge in [-0.2, -0.15) is 0 Å². The molecule has 0 saturated carbocycles. The smallest absolute Gasteiger partial charge is 0.328 e. The lowest BCUT2D eigenvalue weighted by atomic mass is 10.1. The summed E-state index contributed by atoms with van der Waals surface area (Å²) in [6.45, 7) is 2.14. The summed E-state index contributed by atoms with van der Waals surface area (Å²) in [6, 6.07) is 13.0. The molecule has 2 rings (SSSR count). The van der Waals surface area contributed by atoms with E-state index in [9.17, 15) is 13.2 Å². The van der Waals surface area contributed by atoms with Crippen molar-refractivity contribution in [1.82, 2.24) is 10.0 Å². The predicted molar refractivity (Wildman–Crippen MR) is 91.6 cm³/mol. The van der Waals surface area contributed by atoms with Crippen molar-refractivity contribution in [2.45, 2.75) is 18.2 Å². The quantitative estimate of drug-likeness (QED) is 0.838. The van der Waals surface area contributed by atoms with Crippen LogP contribution in [0, 0.1) is 6.92 Å². The maximum atomic E-state index is 12.1. The molecule has 0 aliphatic rings. The van der Waals surface area contributed by atoms with Crippen LogP contribution in [0.5, 0.6) is 5.75 Å². The number of sulfonamides is 1. The molecule has 0 unspecified atom stereocenters. The molecule has 0 radical (unpaired) electrons. The summed E-state index contributed by atoms with van der Waals surface area (Å²) in [5, 5.41) is 2.53. The Hall–Kier alpha value is -2.54. The van der Waals surface area contributed by atoms with Crippen LogP contribution >= 0.6 is 0 Å². The van der Waals surface area contributed by atoms with E-state index in [1.807, 2.05) is 35.9 Å². The molecule has 0 aliphatic heterocycles. The average Bonchev–Trinajstić information content (AvgIpc) is 2.55. The number of para-hydroxylation sites is 1. The Morgan fingerprint density at radius 1 is 1.08 bits per heavy atom. The largest absolute Gasteiger partial charge is 0.496 e. The van der Waals surface area contributed by atoms with E-state index in [-0.39, 0.29) is 11.4 Å². The summed E-state index contributed by atoms with van der Waals surface area (Å²) in [5.41, 5.74) is 1.87. The second kappa shape index (κ2) is 7.83. The van der Waals surface area contributed by atoms with Crippen molar-refractivity contribution in [3.8, 4) is 5.75 Å². The Kier molecular flexibility index (Phi) is 5.81. The molecule has 24 heavy (non-hydrogen) atoms.